The number of hydrogen-bond donors (Lipinski definition) is 1. The number of nitrogen functional groups attached to an aromatic ring is 1. The maximum Gasteiger partial charge on any atom is 0.169 e. The molecule has 4 nitrogen and oxygen atoms in total. The van der Waals surface area contributed by atoms with E-state index in [1.54, 1.807) is 30.5 Å². The Labute approximate surface area is 126 Å². The largest absolute Gasteiger partial charge is 0.463 e. The van der Waals surface area contributed by atoms with Crippen molar-refractivity contribution in [3.63, 3.8) is 0 Å². The summed E-state index contributed by atoms with van der Waals surface area (Å²) >= 11 is 1.52. The third kappa shape index (κ3) is 2.87. The highest BCUT2D eigenvalue weighted by molar-refractivity contribution is 7.12. The van der Waals surface area contributed by atoms with Crippen molar-refractivity contribution in [1.82, 2.24) is 4.98 Å². The number of hydrogen-bond acceptors (Lipinski definition) is 5. The summed E-state index contributed by atoms with van der Waals surface area (Å²) in [7, 11) is 0. The van der Waals surface area contributed by atoms with Crippen LogP contribution in [0.15, 0.2) is 47.1 Å². The fraction of sp³-hybridized carbons (Fsp3) is 0.125. The number of carbonyl (C=O) groups excluding carboxylic acids is 1. The second kappa shape index (κ2) is 5.54. The first-order valence-corrected chi connectivity index (χ1v) is 7.34. The van der Waals surface area contributed by atoms with Gasteiger partial charge in [0, 0.05) is 16.1 Å². The van der Waals surface area contributed by atoms with E-state index in [0.717, 1.165) is 21.3 Å². The number of anilines is 1. The van der Waals surface area contributed by atoms with Crippen molar-refractivity contribution >= 4 is 22.8 Å². The van der Waals surface area contributed by atoms with Crippen LogP contribution in [0.25, 0.3) is 11.5 Å². The third-order valence-electron chi connectivity index (χ3n) is 3.14. The molecule has 0 saturated heterocycles. The lowest BCUT2D eigenvalue weighted by Gasteiger charge is -1.99. The minimum atomic E-state index is 0.0368. The van der Waals surface area contributed by atoms with Gasteiger partial charge in [-0.2, -0.15) is 0 Å². The number of benzene rings is 1. The number of ketones is 1. The van der Waals surface area contributed by atoms with Crippen molar-refractivity contribution in [2.24, 2.45) is 0 Å². The monoisotopic (exact) mass is 298 g/mol. The summed E-state index contributed by atoms with van der Waals surface area (Å²) in [6.07, 6.45) is 1.91. The summed E-state index contributed by atoms with van der Waals surface area (Å²) < 4.78 is 5.36. The van der Waals surface area contributed by atoms with Gasteiger partial charge in [0.2, 0.25) is 0 Å². The van der Waals surface area contributed by atoms with Crippen molar-refractivity contribution in [1.29, 1.82) is 0 Å². The summed E-state index contributed by atoms with van der Waals surface area (Å²) in [4.78, 5) is 17.8. The fourth-order valence-corrected chi connectivity index (χ4v) is 3.01. The Morgan fingerprint density at radius 2 is 2.05 bits per heavy atom. The number of aromatic nitrogens is 1. The van der Waals surface area contributed by atoms with E-state index in [0.29, 0.717) is 11.3 Å². The predicted molar refractivity (Wildman–Crippen MR) is 83.4 cm³/mol. The van der Waals surface area contributed by atoms with Gasteiger partial charge in [0.15, 0.2) is 11.5 Å². The summed E-state index contributed by atoms with van der Waals surface area (Å²) in [5.41, 5.74) is 7.73. The van der Waals surface area contributed by atoms with Gasteiger partial charge in [0.1, 0.15) is 10.7 Å². The van der Waals surface area contributed by atoms with Crippen LogP contribution in [-0.2, 0) is 6.42 Å². The van der Waals surface area contributed by atoms with Crippen LogP contribution < -0.4 is 5.73 Å². The first kappa shape index (κ1) is 13.6. The summed E-state index contributed by atoms with van der Waals surface area (Å²) in [5.74, 6) is 0.768. The highest BCUT2D eigenvalue weighted by atomic mass is 32.1. The molecule has 2 aromatic heterocycles. The number of thiazole rings is 1. The number of nitrogens with two attached hydrogens (primary N) is 1. The second-order valence-corrected chi connectivity index (χ2v) is 6.00. The van der Waals surface area contributed by atoms with Gasteiger partial charge < -0.3 is 10.2 Å². The number of furan rings is 1. The molecule has 0 aliphatic heterocycles. The third-order valence-corrected chi connectivity index (χ3v) is 4.11. The molecule has 0 unspecified atom stereocenters. The molecule has 21 heavy (non-hydrogen) atoms. The average molecular weight is 298 g/mol. The van der Waals surface area contributed by atoms with Gasteiger partial charge in [-0.3, -0.25) is 4.79 Å². The topological polar surface area (TPSA) is 69.1 Å². The van der Waals surface area contributed by atoms with E-state index in [2.05, 4.69) is 4.98 Å². The number of carbonyl (C=O) groups is 1. The molecule has 2 N–H and O–H groups in total. The molecule has 0 atom stereocenters. The lowest BCUT2D eigenvalue weighted by Crippen LogP contribution is -2.03. The van der Waals surface area contributed by atoms with Gasteiger partial charge in [-0.05, 0) is 43.3 Å². The number of nitrogens with zero attached hydrogens (tertiary/aromatic N) is 1. The Hall–Kier alpha value is -2.40. The summed E-state index contributed by atoms with van der Waals surface area (Å²) in [6, 6.07) is 10.6. The molecule has 2 heterocycles. The zero-order chi connectivity index (χ0) is 14.8. The Kier molecular flexibility index (Phi) is 3.58. The van der Waals surface area contributed by atoms with E-state index in [1.807, 2.05) is 19.1 Å². The molecule has 0 spiro atoms. The zero-order valence-corrected chi connectivity index (χ0v) is 12.3. The molecular formula is C16H14N2O2S. The van der Waals surface area contributed by atoms with Gasteiger partial charge in [0.05, 0.1) is 12.7 Å². The maximum atomic E-state index is 12.2. The molecule has 0 saturated carbocycles. The minimum Gasteiger partial charge on any atom is -0.463 e. The summed E-state index contributed by atoms with van der Waals surface area (Å²) in [6.45, 7) is 1.98. The standard InChI is InChI=1S/C16H14N2O2S/c1-10-16(14-3-2-8-20-14)18-15(21-10)9-13(19)11-4-6-12(17)7-5-11/h2-8H,9,17H2,1H3. The Balaban J connectivity index is 1.81. The molecule has 3 aromatic rings. The first-order valence-electron chi connectivity index (χ1n) is 6.52. The van der Waals surface area contributed by atoms with E-state index in [9.17, 15) is 4.79 Å². The SMILES string of the molecule is Cc1sc(CC(=O)c2ccc(N)cc2)nc1-c1ccco1. The molecule has 0 radical (unpaired) electrons. The Morgan fingerprint density at radius 3 is 2.71 bits per heavy atom. The van der Waals surface area contributed by atoms with Crippen molar-refractivity contribution in [2.45, 2.75) is 13.3 Å². The van der Waals surface area contributed by atoms with Crippen molar-refractivity contribution in [2.75, 3.05) is 5.73 Å². The second-order valence-electron chi connectivity index (χ2n) is 4.71. The molecule has 106 valence electrons. The highest BCUT2D eigenvalue weighted by Crippen LogP contribution is 2.28. The van der Waals surface area contributed by atoms with Crippen LogP contribution in [-0.4, -0.2) is 10.8 Å². The van der Waals surface area contributed by atoms with Gasteiger partial charge in [0.25, 0.3) is 0 Å². The average Bonchev–Trinajstić information content (AvgIpc) is 3.09. The molecule has 0 amide bonds. The molecule has 5 heteroatoms. The molecule has 0 bridgehead atoms. The van der Waals surface area contributed by atoms with Crippen LogP contribution in [0, 0.1) is 6.92 Å². The van der Waals surface area contributed by atoms with Crippen LogP contribution in [0.1, 0.15) is 20.2 Å². The Bertz CT molecular complexity index is 758. The zero-order valence-electron chi connectivity index (χ0n) is 11.5. The van der Waals surface area contributed by atoms with E-state index < -0.39 is 0 Å². The summed E-state index contributed by atoms with van der Waals surface area (Å²) in [5, 5.41) is 0.792. The van der Waals surface area contributed by atoms with E-state index in [4.69, 9.17) is 10.2 Å². The first-order chi connectivity index (χ1) is 10.1. The molecule has 0 aliphatic rings. The number of aryl methyl sites for hydroxylation is 1. The Morgan fingerprint density at radius 1 is 1.29 bits per heavy atom. The lowest BCUT2D eigenvalue weighted by atomic mass is 10.1. The van der Waals surface area contributed by atoms with Gasteiger partial charge >= 0.3 is 0 Å². The van der Waals surface area contributed by atoms with Gasteiger partial charge in [-0.1, -0.05) is 0 Å². The van der Waals surface area contributed by atoms with Crippen LogP contribution in [0.4, 0.5) is 5.69 Å². The number of Topliss-reactive ketones (excluding diaryl/α,β-unsaturated/α-hetero) is 1. The molecule has 3 rings (SSSR count). The lowest BCUT2D eigenvalue weighted by molar-refractivity contribution is 0.0993. The van der Waals surface area contributed by atoms with Crippen molar-refractivity contribution in [3.05, 3.63) is 58.1 Å². The number of rotatable bonds is 4. The van der Waals surface area contributed by atoms with Crippen LogP contribution in [0.5, 0.6) is 0 Å². The van der Waals surface area contributed by atoms with Crippen molar-refractivity contribution in [3.8, 4) is 11.5 Å². The van der Waals surface area contributed by atoms with Crippen LogP contribution in [0.3, 0.4) is 0 Å². The van der Waals surface area contributed by atoms with E-state index >= 15 is 0 Å². The van der Waals surface area contributed by atoms with Gasteiger partial charge in [-0.15, -0.1) is 11.3 Å². The molecule has 1 aromatic carbocycles. The smallest absolute Gasteiger partial charge is 0.169 e. The predicted octanol–water partition coefficient (Wildman–Crippen LogP) is 3.72. The van der Waals surface area contributed by atoms with Crippen LogP contribution >= 0.6 is 11.3 Å². The van der Waals surface area contributed by atoms with Crippen molar-refractivity contribution < 1.29 is 9.21 Å². The molecule has 0 aliphatic carbocycles. The molecule has 0 fully saturated rings. The van der Waals surface area contributed by atoms with E-state index in [-0.39, 0.29) is 12.2 Å². The molecular weight excluding hydrogens is 284 g/mol. The minimum absolute atomic E-state index is 0.0368. The highest BCUT2D eigenvalue weighted by Gasteiger charge is 2.15. The van der Waals surface area contributed by atoms with Gasteiger partial charge in [-0.25, -0.2) is 4.98 Å². The van der Waals surface area contributed by atoms with E-state index in [1.165, 1.54) is 11.3 Å². The maximum absolute atomic E-state index is 12.2. The normalized spacial score (nSPS) is 10.7. The van der Waals surface area contributed by atoms with Crippen LogP contribution in [0.2, 0.25) is 0 Å². The fourth-order valence-electron chi connectivity index (χ4n) is 2.08. The quantitative estimate of drug-likeness (QED) is 0.588.